The number of aryl methyl sites for hydroxylation is 1. The number of thiophene rings is 1. The minimum absolute atomic E-state index is 0.277. The number of urea groups is 1. The number of esters is 1. The van der Waals surface area contributed by atoms with Gasteiger partial charge in [0.05, 0.1) is 5.69 Å². The van der Waals surface area contributed by atoms with E-state index in [0.29, 0.717) is 15.6 Å². The highest BCUT2D eigenvalue weighted by Gasteiger charge is 2.24. The summed E-state index contributed by atoms with van der Waals surface area (Å²) in [5.41, 5.74) is 2.37. The molecule has 7 nitrogen and oxygen atoms in total. The van der Waals surface area contributed by atoms with E-state index < -0.39 is 24.0 Å². The van der Waals surface area contributed by atoms with Gasteiger partial charge < -0.3 is 10.1 Å². The van der Waals surface area contributed by atoms with Gasteiger partial charge in [0, 0.05) is 17.5 Å². The van der Waals surface area contributed by atoms with Crippen molar-refractivity contribution in [2.45, 2.75) is 26.5 Å². The SMILES string of the molecule is Cc1nc(-c2ccsc2)sc1C(=O)OC(C)C(=O)NC(=O)NCc1ccccc1. The van der Waals surface area contributed by atoms with Crippen LogP contribution in [0.5, 0.6) is 0 Å². The van der Waals surface area contributed by atoms with Crippen molar-refractivity contribution in [2.75, 3.05) is 0 Å². The summed E-state index contributed by atoms with van der Waals surface area (Å²) in [6, 6.07) is 10.6. The smallest absolute Gasteiger partial charge is 0.351 e. The summed E-state index contributed by atoms with van der Waals surface area (Å²) in [6.45, 7) is 3.40. The third-order valence-corrected chi connectivity index (χ3v) is 5.81. The maximum absolute atomic E-state index is 12.4. The molecule has 3 rings (SSSR count). The van der Waals surface area contributed by atoms with Gasteiger partial charge in [-0.25, -0.2) is 14.6 Å². The van der Waals surface area contributed by atoms with Gasteiger partial charge in [-0.2, -0.15) is 11.3 Å². The standard InChI is InChI=1S/C20H19N3O4S2/c1-12-16(29-18(22-12)15-8-9-28-11-15)19(25)27-13(2)17(24)23-20(26)21-10-14-6-4-3-5-7-14/h3-9,11,13H,10H2,1-2H3,(H2,21,23,24,26). The number of nitrogens with one attached hydrogen (secondary N) is 2. The number of hydrogen-bond acceptors (Lipinski definition) is 7. The second-order valence-corrected chi connectivity index (χ2v) is 7.93. The van der Waals surface area contributed by atoms with E-state index in [0.717, 1.165) is 11.1 Å². The number of benzene rings is 1. The maximum atomic E-state index is 12.4. The number of nitrogens with zero attached hydrogens (tertiary/aromatic N) is 1. The number of hydrogen-bond donors (Lipinski definition) is 2. The summed E-state index contributed by atoms with van der Waals surface area (Å²) in [6.07, 6.45) is -1.13. The minimum Gasteiger partial charge on any atom is -0.448 e. The van der Waals surface area contributed by atoms with E-state index in [9.17, 15) is 14.4 Å². The lowest BCUT2D eigenvalue weighted by Crippen LogP contribution is -2.44. The van der Waals surface area contributed by atoms with Crippen LogP contribution in [0.15, 0.2) is 47.2 Å². The molecule has 3 amide bonds. The van der Waals surface area contributed by atoms with Crippen molar-refractivity contribution in [3.8, 4) is 10.6 Å². The molecule has 0 fully saturated rings. The molecule has 2 heterocycles. The first-order valence-corrected chi connectivity index (χ1v) is 10.5. The fourth-order valence-corrected chi connectivity index (χ4v) is 4.06. The molecule has 0 saturated heterocycles. The number of aromatic nitrogens is 1. The van der Waals surface area contributed by atoms with Crippen LogP contribution in [-0.4, -0.2) is 29.0 Å². The molecule has 0 aliphatic carbocycles. The molecule has 1 atom stereocenters. The lowest BCUT2D eigenvalue weighted by atomic mass is 10.2. The lowest BCUT2D eigenvalue weighted by Gasteiger charge is -2.13. The molecular formula is C20H19N3O4S2. The second-order valence-electron chi connectivity index (χ2n) is 6.15. The summed E-state index contributed by atoms with van der Waals surface area (Å²) in [5.74, 6) is -1.35. The first-order chi connectivity index (χ1) is 13.9. The number of imide groups is 1. The topological polar surface area (TPSA) is 97.4 Å². The maximum Gasteiger partial charge on any atom is 0.351 e. The van der Waals surface area contributed by atoms with Crippen LogP contribution in [0.3, 0.4) is 0 Å². The zero-order valence-electron chi connectivity index (χ0n) is 15.8. The summed E-state index contributed by atoms with van der Waals surface area (Å²) in [4.78, 5) is 41.2. The van der Waals surface area contributed by atoms with Crippen molar-refractivity contribution >= 4 is 40.6 Å². The molecule has 9 heteroatoms. The Morgan fingerprint density at radius 3 is 2.62 bits per heavy atom. The molecule has 1 aromatic carbocycles. The van der Waals surface area contributed by atoms with Gasteiger partial charge in [0.25, 0.3) is 5.91 Å². The Labute approximate surface area is 175 Å². The molecule has 0 saturated carbocycles. The van der Waals surface area contributed by atoms with Gasteiger partial charge in [0.1, 0.15) is 9.88 Å². The molecule has 150 valence electrons. The zero-order valence-corrected chi connectivity index (χ0v) is 17.4. The fraction of sp³-hybridized carbons (Fsp3) is 0.200. The van der Waals surface area contributed by atoms with E-state index in [1.54, 1.807) is 18.3 Å². The number of carbonyl (C=O) groups excluding carboxylic acids is 3. The Bertz CT molecular complexity index is 1000. The van der Waals surface area contributed by atoms with E-state index in [1.807, 2.05) is 47.2 Å². The Morgan fingerprint density at radius 1 is 1.17 bits per heavy atom. The van der Waals surface area contributed by atoms with E-state index in [2.05, 4.69) is 15.6 Å². The van der Waals surface area contributed by atoms with E-state index in [1.165, 1.54) is 18.3 Å². The zero-order chi connectivity index (χ0) is 20.8. The van der Waals surface area contributed by atoms with Gasteiger partial charge >= 0.3 is 12.0 Å². The molecule has 29 heavy (non-hydrogen) atoms. The van der Waals surface area contributed by atoms with Crippen molar-refractivity contribution in [2.24, 2.45) is 0 Å². The molecule has 3 aromatic rings. The van der Waals surface area contributed by atoms with Gasteiger partial charge in [-0.1, -0.05) is 30.3 Å². The molecule has 2 N–H and O–H groups in total. The summed E-state index contributed by atoms with van der Waals surface area (Å²) < 4.78 is 5.22. The highest BCUT2D eigenvalue weighted by atomic mass is 32.1. The van der Waals surface area contributed by atoms with E-state index >= 15 is 0 Å². The van der Waals surface area contributed by atoms with Gasteiger partial charge in [0.15, 0.2) is 6.10 Å². The van der Waals surface area contributed by atoms with Crippen molar-refractivity contribution < 1.29 is 19.1 Å². The van der Waals surface area contributed by atoms with Crippen LogP contribution in [0.2, 0.25) is 0 Å². The molecule has 0 spiro atoms. The van der Waals surface area contributed by atoms with Crippen LogP contribution in [-0.2, 0) is 16.1 Å². The van der Waals surface area contributed by atoms with Crippen molar-refractivity contribution in [3.05, 3.63) is 63.3 Å². The summed E-state index contributed by atoms with van der Waals surface area (Å²) >= 11 is 2.75. The largest absolute Gasteiger partial charge is 0.448 e. The third-order valence-electron chi connectivity index (χ3n) is 3.94. The quantitative estimate of drug-likeness (QED) is 0.582. The molecule has 0 aliphatic heterocycles. The second kappa shape index (κ2) is 9.44. The highest BCUT2D eigenvalue weighted by molar-refractivity contribution is 7.17. The molecular weight excluding hydrogens is 410 g/mol. The number of amides is 3. The average Bonchev–Trinajstić information content (AvgIpc) is 3.36. The summed E-state index contributed by atoms with van der Waals surface area (Å²) in [7, 11) is 0. The first-order valence-electron chi connectivity index (χ1n) is 8.77. The first kappa shape index (κ1) is 20.7. The molecule has 0 radical (unpaired) electrons. The molecule has 0 aliphatic rings. The van der Waals surface area contributed by atoms with Crippen LogP contribution < -0.4 is 10.6 Å². The Kier molecular flexibility index (Phi) is 6.73. The number of carbonyl (C=O) groups is 3. The average molecular weight is 430 g/mol. The predicted molar refractivity (Wildman–Crippen MR) is 112 cm³/mol. The molecule has 1 unspecified atom stereocenters. The van der Waals surface area contributed by atoms with Crippen LogP contribution in [0, 0.1) is 6.92 Å². The molecule has 2 aromatic heterocycles. The van der Waals surface area contributed by atoms with Crippen LogP contribution in [0.1, 0.15) is 27.9 Å². The van der Waals surface area contributed by atoms with Crippen LogP contribution >= 0.6 is 22.7 Å². The Morgan fingerprint density at radius 2 is 1.93 bits per heavy atom. The van der Waals surface area contributed by atoms with Gasteiger partial charge in [-0.3, -0.25) is 10.1 Å². The van der Waals surface area contributed by atoms with Crippen molar-refractivity contribution in [1.82, 2.24) is 15.6 Å². The fourth-order valence-electron chi connectivity index (χ4n) is 2.40. The van der Waals surface area contributed by atoms with E-state index in [4.69, 9.17) is 4.74 Å². The van der Waals surface area contributed by atoms with Crippen molar-refractivity contribution in [1.29, 1.82) is 0 Å². The number of thiazole rings is 1. The van der Waals surface area contributed by atoms with Crippen LogP contribution in [0.25, 0.3) is 10.6 Å². The highest BCUT2D eigenvalue weighted by Crippen LogP contribution is 2.29. The minimum atomic E-state index is -1.13. The van der Waals surface area contributed by atoms with Crippen molar-refractivity contribution in [3.63, 3.8) is 0 Å². The van der Waals surface area contributed by atoms with Gasteiger partial charge in [-0.05, 0) is 30.9 Å². The normalized spacial score (nSPS) is 11.5. The summed E-state index contributed by atoms with van der Waals surface area (Å²) in [5, 5.41) is 9.34. The number of ether oxygens (including phenoxy) is 1. The predicted octanol–water partition coefficient (Wildman–Crippen LogP) is 3.75. The number of rotatable bonds is 6. The Balaban J connectivity index is 1.52. The Hall–Kier alpha value is -3.04. The van der Waals surface area contributed by atoms with E-state index in [-0.39, 0.29) is 6.54 Å². The molecule has 0 bridgehead atoms. The van der Waals surface area contributed by atoms with Gasteiger partial charge in [0.2, 0.25) is 0 Å². The lowest BCUT2D eigenvalue weighted by molar-refractivity contribution is -0.127. The monoisotopic (exact) mass is 429 g/mol. The van der Waals surface area contributed by atoms with Crippen LogP contribution in [0.4, 0.5) is 4.79 Å². The third kappa shape index (κ3) is 5.49. The van der Waals surface area contributed by atoms with Gasteiger partial charge in [-0.15, -0.1) is 11.3 Å².